The van der Waals surface area contributed by atoms with Gasteiger partial charge in [0.1, 0.15) is 0 Å². The summed E-state index contributed by atoms with van der Waals surface area (Å²) in [5.74, 6) is 0.941. The van der Waals surface area contributed by atoms with E-state index in [1.54, 1.807) is 0 Å². The third-order valence-corrected chi connectivity index (χ3v) is 7.92. The highest BCUT2D eigenvalue weighted by molar-refractivity contribution is 7.19. The molecule has 0 aliphatic rings. The summed E-state index contributed by atoms with van der Waals surface area (Å²) in [5, 5.41) is 0.526. The molecular formula is C27H57P. The van der Waals surface area contributed by atoms with Crippen molar-refractivity contribution < 1.29 is 0 Å². The number of hydrogen-bond donors (Lipinski definition) is 0. The molecule has 0 aliphatic carbocycles. The fourth-order valence-corrected chi connectivity index (χ4v) is 5.55. The molecule has 0 rings (SSSR count). The van der Waals surface area contributed by atoms with Gasteiger partial charge in [-0.05, 0) is 36.8 Å². The molecule has 170 valence electrons. The van der Waals surface area contributed by atoms with Gasteiger partial charge in [0.05, 0.1) is 0 Å². The summed E-state index contributed by atoms with van der Waals surface area (Å²) in [6.07, 6.45) is 30.1. The van der Waals surface area contributed by atoms with Crippen molar-refractivity contribution in [3.63, 3.8) is 0 Å². The fraction of sp³-hybridized carbons (Fsp3) is 1.00. The first kappa shape index (κ1) is 28.4. The number of rotatable bonds is 22. The zero-order valence-corrected chi connectivity index (χ0v) is 21.7. The van der Waals surface area contributed by atoms with E-state index in [4.69, 9.17) is 0 Å². The van der Waals surface area contributed by atoms with Gasteiger partial charge in [-0.25, -0.2) is 0 Å². The van der Waals surface area contributed by atoms with Crippen molar-refractivity contribution >= 4 is 9.24 Å². The molecule has 2 atom stereocenters. The van der Waals surface area contributed by atoms with Gasteiger partial charge in [0.2, 0.25) is 0 Å². The predicted octanol–water partition coefficient (Wildman–Crippen LogP) is 10.5. The van der Waals surface area contributed by atoms with Gasteiger partial charge < -0.3 is 0 Å². The molecule has 0 saturated heterocycles. The molecule has 0 nitrogen and oxygen atoms in total. The highest BCUT2D eigenvalue weighted by Crippen LogP contribution is 2.43. The maximum Gasteiger partial charge on any atom is -0.0122 e. The van der Waals surface area contributed by atoms with Gasteiger partial charge in [0.15, 0.2) is 0 Å². The van der Waals surface area contributed by atoms with E-state index in [0.29, 0.717) is 5.16 Å². The first-order valence-electron chi connectivity index (χ1n) is 13.4. The first-order chi connectivity index (χ1) is 13.6. The van der Waals surface area contributed by atoms with E-state index in [1.165, 1.54) is 135 Å². The molecule has 0 saturated carbocycles. The molecule has 28 heavy (non-hydrogen) atoms. The van der Waals surface area contributed by atoms with Crippen LogP contribution < -0.4 is 0 Å². The Bertz CT molecular complexity index is 285. The number of hydrogen-bond acceptors (Lipinski definition) is 0. The first-order valence-corrected chi connectivity index (χ1v) is 14.0. The molecule has 0 N–H and O–H groups in total. The van der Waals surface area contributed by atoms with Gasteiger partial charge in [-0.3, -0.25) is 0 Å². The SMILES string of the molecule is CCCCCCCC(CCCC)C(P)(CCCCCCC)CCCCCCC. The van der Waals surface area contributed by atoms with Crippen LogP contribution in [0.25, 0.3) is 0 Å². The lowest BCUT2D eigenvalue weighted by atomic mass is 9.77. The third-order valence-electron chi connectivity index (χ3n) is 6.87. The summed E-state index contributed by atoms with van der Waals surface area (Å²) >= 11 is 0. The molecule has 0 spiro atoms. The second-order valence-corrected chi connectivity index (χ2v) is 10.8. The van der Waals surface area contributed by atoms with Gasteiger partial charge in [0.25, 0.3) is 0 Å². The Morgan fingerprint density at radius 2 is 0.821 bits per heavy atom. The lowest BCUT2D eigenvalue weighted by Crippen LogP contribution is -2.32. The normalized spacial score (nSPS) is 13.2. The minimum Gasteiger partial charge on any atom is -0.131 e. The molecule has 0 radical (unpaired) electrons. The van der Waals surface area contributed by atoms with Crippen LogP contribution in [-0.2, 0) is 0 Å². The van der Waals surface area contributed by atoms with Gasteiger partial charge in [-0.1, -0.05) is 137 Å². The molecule has 0 bridgehead atoms. The summed E-state index contributed by atoms with van der Waals surface area (Å²) in [6.45, 7) is 9.36. The van der Waals surface area contributed by atoms with Crippen LogP contribution in [0.4, 0.5) is 0 Å². The standard InChI is InChI=1S/C27H57P/c1-5-9-13-16-19-23-26(22-12-8-4)27(28,24-20-17-14-10-6-2)25-21-18-15-11-7-3/h26H,5-25,28H2,1-4H3. The minimum absolute atomic E-state index is 0.526. The van der Waals surface area contributed by atoms with Crippen LogP contribution in [-0.4, -0.2) is 5.16 Å². The summed E-state index contributed by atoms with van der Waals surface area (Å²) in [4.78, 5) is 0. The highest BCUT2D eigenvalue weighted by atomic mass is 31.0. The van der Waals surface area contributed by atoms with Crippen molar-refractivity contribution in [3.05, 3.63) is 0 Å². The topological polar surface area (TPSA) is 0 Å². The quantitative estimate of drug-likeness (QED) is 0.122. The molecule has 0 aromatic carbocycles. The van der Waals surface area contributed by atoms with E-state index in [0.717, 1.165) is 5.92 Å². The van der Waals surface area contributed by atoms with Crippen LogP contribution in [0.3, 0.4) is 0 Å². The Balaban J connectivity index is 4.72. The highest BCUT2D eigenvalue weighted by Gasteiger charge is 2.32. The molecule has 0 amide bonds. The van der Waals surface area contributed by atoms with Crippen molar-refractivity contribution in [2.75, 3.05) is 0 Å². The maximum atomic E-state index is 3.45. The fourth-order valence-electron chi connectivity index (χ4n) is 4.81. The lowest BCUT2D eigenvalue weighted by Gasteiger charge is -2.39. The van der Waals surface area contributed by atoms with Gasteiger partial charge in [0, 0.05) is 0 Å². The van der Waals surface area contributed by atoms with E-state index in [9.17, 15) is 0 Å². The molecular weight excluding hydrogens is 355 g/mol. The second kappa shape index (κ2) is 20.7. The molecule has 2 unspecified atom stereocenters. The lowest BCUT2D eigenvalue weighted by molar-refractivity contribution is 0.271. The van der Waals surface area contributed by atoms with Crippen LogP contribution in [0.1, 0.15) is 163 Å². The molecule has 0 aromatic rings. The Morgan fingerprint density at radius 1 is 0.464 bits per heavy atom. The monoisotopic (exact) mass is 412 g/mol. The Labute approximate surface area is 183 Å². The molecule has 0 heterocycles. The van der Waals surface area contributed by atoms with E-state index < -0.39 is 0 Å². The minimum atomic E-state index is 0.526. The zero-order valence-electron chi connectivity index (χ0n) is 20.5. The van der Waals surface area contributed by atoms with Crippen molar-refractivity contribution in [3.8, 4) is 0 Å². The van der Waals surface area contributed by atoms with Gasteiger partial charge >= 0.3 is 0 Å². The van der Waals surface area contributed by atoms with Crippen LogP contribution in [0.2, 0.25) is 0 Å². The smallest absolute Gasteiger partial charge is 0.0122 e. The van der Waals surface area contributed by atoms with Crippen LogP contribution in [0.15, 0.2) is 0 Å². The zero-order chi connectivity index (χ0) is 20.9. The summed E-state index contributed by atoms with van der Waals surface area (Å²) in [6, 6.07) is 0. The summed E-state index contributed by atoms with van der Waals surface area (Å²) < 4.78 is 0. The van der Waals surface area contributed by atoms with Gasteiger partial charge in [-0.15, -0.1) is 9.24 Å². The number of unbranched alkanes of at least 4 members (excludes halogenated alkanes) is 13. The predicted molar refractivity (Wildman–Crippen MR) is 136 cm³/mol. The van der Waals surface area contributed by atoms with Crippen molar-refractivity contribution in [1.29, 1.82) is 0 Å². The van der Waals surface area contributed by atoms with E-state index in [2.05, 4.69) is 36.9 Å². The van der Waals surface area contributed by atoms with Crippen molar-refractivity contribution in [2.45, 2.75) is 168 Å². The van der Waals surface area contributed by atoms with Crippen molar-refractivity contribution in [2.24, 2.45) is 5.92 Å². The average Bonchev–Trinajstić information content (AvgIpc) is 2.69. The molecule has 0 fully saturated rings. The Morgan fingerprint density at radius 3 is 1.25 bits per heavy atom. The maximum absolute atomic E-state index is 3.45. The second-order valence-electron chi connectivity index (χ2n) is 9.60. The molecule has 0 aromatic heterocycles. The largest absolute Gasteiger partial charge is 0.131 e. The van der Waals surface area contributed by atoms with E-state index in [1.807, 2.05) is 0 Å². The molecule has 1 heteroatoms. The Hall–Kier alpha value is 0.430. The van der Waals surface area contributed by atoms with Crippen LogP contribution in [0, 0.1) is 5.92 Å². The third kappa shape index (κ3) is 15.3. The summed E-state index contributed by atoms with van der Waals surface area (Å²) in [5.41, 5.74) is 0. The van der Waals surface area contributed by atoms with Gasteiger partial charge in [-0.2, -0.15) is 0 Å². The Kier molecular flexibility index (Phi) is 21.0. The van der Waals surface area contributed by atoms with Crippen LogP contribution >= 0.6 is 9.24 Å². The average molecular weight is 413 g/mol. The van der Waals surface area contributed by atoms with Crippen molar-refractivity contribution in [1.82, 2.24) is 0 Å². The van der Waals surface area contributed by atoms with E-state index in [-0.39, 0.29) is 0 Å². The van der Waals surface area contributed by atoms with Crippen LogP contribution in [0.5, 0.6) is 0 Å². The van der Waals surface area contributed by atoms with E-state index >= 15 is 0 Å². The summed E-state index contributed by atoms with van der Waals surface area (Å²) in [7, 11) is 3.45. The molecule has 0 aliphatic heterocycles.